The molecule has 0 radical (unpaired) electrons. The number of ether oxygens (including phenoxy) is 1. The summed E-state index contributed by atoms with van der Waals surface area (Å²) >= 11 is 0. The third-order valence-corrected chi connectivity index (χ3v) is 2.48. The molecule has 0 N–H and O–H groups in total. The Bertz CT molecular complexity index is 255. The Hall–Kier alpha value is -0.820. The molecule has 1 saturated heterocycles. The lowest BCUT2D eigenvalue weighted by atomic mass is 10.2. The SMILES string of the molecule is C1=CC=C(CCN2CCOCC2)C=1. The zero-order chi connectivity index (χ0) is 8.93. The quantitative estimate of drug-likeness (QED) is 0.603. The van der Waals surface area contributed by atoms with Gasteiger partial charge in [-0.25, -0.2) is 0 Å². The molecule has 0 aromatic rings. The minimum atomic E-state index is 0.896. The van der Waals surface area contributed by atoms with E-state index >= 15 is 0 Å². The molecule has 1 fully saturated rings. The topological polar surface area (TPSA) is 12.5 Å². The average molecular weight is 177 g/mol. The van der Waals surface area contributed by atoms with Crippen LogP contribution in [0.1, 0.15) is 6.42 Å². The molecule has 1 heterocycles. The van der Waals surface area contributed by atoms with E-state index in [0.717, 1.165) is 39.3 Å². The van der Waals surface area contributed by atoms with E-state index < -0.39 is 0 Å². The lowest BCUT2D eigenvalue weighted by molar-refractivity contribution is 0.0385. The Morgan fingerprint density at radius 2 is 2.23 bits per heavy atom. The molecular weight excluding hydrogens is 162 g/mol. The van der Waals surface area contributed by atoms with Crippen molar-refractivity contribution in [3.05, 3.63) is 29.5 Å². The maximum atomic E-state index is 5.29. The Kier molecular flexibility index (Phi) is 2.98. The van der Waals surface area contributed by atoms with Crippen molar-refractivity contribution in [2.45, 2.75) is 6.42 Å². The number of nitrogens with zero attached hydrogens (tertiary/aromatic N) is 1. The van der Waals surface area contributed by atoms with Gasteiger partial charge in [0.1, 0.15) is 0 Å². The summed E-state index contributed by atoms with van der Waals surface area (Å²) in [5.74, 6) is 0. The van der Waals surface area contributed by atoms with Crippen LogP contribution in [0.25, 0.3) is 0 Å². The molecule has 0 saturated carbocycles. The van der Waals surface area contributed by atoms with E-state index in [0.29, 0.717) is 0 Å². The monoisotopic (exact) mass is 177 g/mol. The van der Waals surface area contributed by atoms with E-state index in [9.17, 15) is 0 Å². The number of morpholine rings is 1. The smallest absolute Gasteiger partial charge is 0.0594 e. The Morgan fingerprint density at radius 1 is 1.38 bits per heavy atom. The summed E-state index contributed by atoms with van der Waals surface area (Å²) in [6.07, 6.45) is 7.33. The largest absolute Gasteiger partial charge is 0.379 e. The number of hydrogen-bond acceptors (Lipinski definition) is 2. The second kappa shape index (κ2) is 4.43. The van der Waals surface area contributed by atoms with Crippen LogP contribution in [0.4, 0.5) is 0 Å². The minimum absolute atomic E-state index is 0.896. The highest BCUT2D eigenvalue weighted by Crippen LogP contribution is 2.09. The van der Waals surface area contributed by atoms with Gasteiger partial charge < -0.3 is 4.74 Å². The van der Waals surface area contributed by atoms with Gasteiger partial charge >= 0.3 is 0 Å². The first-order chi connectivity index (χ1) is 6.45. The van der Waals surface area contributed by atoms with Crippen LogP contribution in [0.5, 0.6) is 0 Å². The highest BCUT2D eigenvalue weighted by atomic mass is 16.5. The zero-order valence-corrected chi connectivity index (χ0v) is 7.83. The van der Waals surface area contributed by atoms with Crippen LogP contribution >= 0.6 is 0 Å². The average Bonchev–Trinajstić information content (AvgIpc) is 2.69. The van der Waals surface area contributed by atoms with Gasteiger partial charge in [-0.15, -0.1) is 5.73 Å². The minimum Gasteiger partial charge on any atom is -0.379 e. The van der Waals surface area contributed by atoms with Gasteiger partial charge in [-0.05, 0) is 24.1 Å². The maximum Gasteiger partial charge on any atom is 0.0594 e. The number of hydrogen-bond donors (Lipinski definition) is 0. The van der Waals surface area contributed by atoms with Crippen LogP contribution in [0.15, 0.2) is 29.5 Å². The number of rotatable bonds is 3. The summed E-state index contributed by atoms with van der Waals surface area (Å²) in [7, 11) is 0. The first kappa shape index (κ1) is 8.76. The summed E-state index contributed by atoms with van der Waals surface area (Å²) in [6.45, 7) is 5.12. The van der Waals surface area contributed by atoms with Crippen LogP contribution < -0.4 is 0 Å². The summed E-state index contributed by atoms with van der Waals surface area (Å²) in [5.41, 5.74) is 4.47. The molecule has 2 heteroatoms. The molecule has 70 valence electrons. The van der Waals surface area contributed by atoms with Crippen LogP contribution in [-0.2, 0) is 4.74 Å². The fourth-order valence-electron chi connectivity index (χ4n) is 1.63. The molecule has 0 unspecified atom stereocenters. The third-order valence-electron chi connectivity index (χ3n) is 2.48. The Morgan fingerprint density at radius 3 is 2.92 bits per heavy atom. The standard InChI is InChI=1S/C11H15NO/c1-2-4-11(3-1)5-6-12-7-9-13-10-8-12/h1,3-4H,5-10H2. The van der Waals surface area contributed by atoms with Crippen molar-refractivity contribution in [3.8, 4) is 0 Å². The normalized spacial score (nSPS) is 22.3. The van der Waals surface area contributed by atoms with Crippen molar-refractivity contribution in [1.29, 1.82) is 0 Å². The fourth-order valence-corrected chi connectivity index (χ4v) is 1.63. The Labute approximate surface area is 79.2 Å². The van der Waals surface area contributed by atoms with Gasteiger partial charge in [0.25, 0.3) is 0 Å². The molecule has 0 atom stereocenters. The zero-order valence-electron chi connectivity index (χ0n) is 7.83. The first-order valence-corrected chi connectivity index (χ1v) is 4.87. The molecule has 13 heavy (non-hydrogen) atoms. The highest BCUT2D eigenvalue weighted by Gasteiger charge is 2.09. The molecule has 0 bridgehead atoms. The van der Waals surface area contributed by atoms with Gasteiger partial charge in [-0.2, -0.15) is 0 Å². The maximum absolute atomic E-state index is 5.29. The predicted octanol–water partition coefficient (Wildman–Crippen LogP) is 1.36. The molecule has 1 aliphatic heterocycles. The summed E-state index contributed by atoms with van der Waals surface area (Å²) in [4.78, 5) is 2.45. The summed E-state index contributed by atoms with van der Waals surface area (Å²) in [6, 6.07) is 0. The van der Waals surface area contributed by atoms with Crippen LogP contribution in [0.3, 0.4) is 0 Å². The second-order valence-electron chi connectivity index (χ2n) is 3.42. The lowest BCUT2D eigenvalue weighted by Crippen LogP contribution is -2.36. The van der Waals surface area contributed by atoms with E-state index in [-0.39, 0.29) is 0 Å². The lowest BCUT2D eigenvalue weighted by Gasteiger charge is -2.26. The molecular formula is C11H15NO. The molecule has 0 spiro atoms. The van der Waals surface area contributed by atoms with Crippen molar-refractivity contribution in [1.82, 2.24) is 4.90 Å². The van der Waals surface area contributed by atoms with Crippen molar-refractivity contribution < 1.29 is 4.74 Å². The molecule has 0 aromatic heterocycles. The van der Waals surface area contributed by atoms with Gasteiger partial charge in [0.15, 0.2) is 0 Å². The molecule has 1 aliphatic carbocycles. The van der Waals surface area contributed by atoms with E-state index in [1.54, 1.807) is 0 Å². The van der Waals surface area contributed by atoms with Gasteiger partial charge in [-0.1, -0.05) is 6.08 Å². The van der Waals surface area contributed by atoms with E-state index in [1.165, 1.54) is 5.57 Å². The Balaban J connectivity index is 1.69. The highest BCUT2D eigenvalue weighted by molar-refractivity contribution is 5.29. The van der Waals surface area contributed by atoms with Crippen LogP contribution in [0, 0.1) is 0 Å². The molecule has 2 nitrogen and oxygen atoms in total. The molecule has 0 amide bonds. The fraction of sp³-hybridized carbons (Fsp3) is 0.545. The summed E-state index contributed by atoms with van der Waals surface area (Å²) in [5, 5.41) is 0. The van der Waals surface area contributed by atoms with E-state index in [4.69, 9.17) is 4.74 Å². The van der Waals surface area contributed by atoms with Crippen molar-refractivity contribution >= 4 is 0 Å². The second-order valence-corrected chi connectivity index (χ2v) is 3.42. The predicted molar refractivity (Wildman–Crippen MR) is 52.6 cm³/mol. The van der Waals surface area contributed by atoms with E-state index in [2.05, 4.69) is 22.8 Å². The number of allylic oxidation sites excluding steroid dienone is 2. The van der Waals surface area contributed by atoms with Gasteiger partial charge in [0, 0.05) is 19.6 Å². The van der Waals surface area contributed by atoms with Gasteiger partial charge in [0.2, 0.25) is 0 Å². The van der Waals surface area contributed by atoms with Gasteiger partial charge in [-0.3, -0.25) is 4.90 Å². The van der Waals surface area contributed by atoms with Crippen molar-refractivity contribution in [2.24, 2.45) is 0 Å². The molecule has 2 rings (SSSR count). The van der Waals surface area contributed by atoms with E-state index in [1.807, 2.05) is 6.08 Å². The molecule has 0 aromatic carbocycles. The van der Waals surface area contributed by atoms with Crippen LogP contribution in [-0.4, -0.2) is 37.7 Å². The van der Waals surface area contributed by atoms with Gasteiger partial charge in [0.05, 0.1) is 13.2 Å². The van der Waals surface area contributed by atoms with Crippen molar-refractivity contribution in [3.63, 3.8) is 0 Å². The molecule has 2 aliphatic rings. The van der Waals surface area contributed by atoms with Crippen molar-refractivity contribution in [2.75, 3.05) is 32.8 Å². The first-order valence-electron chi connectivity index (χ1n) is 4.87. The third kappa shape index (κ3) is 2.56. The van der Waals surface area contributed by atoms with Crippen LogP contribution in [0.2, 0.25) is 0 Å². The summed E-state index contributed by atoms with van der Waals surface area (Å²) < 4.78 is 5.29.